The van der Waals surface area contributed by atoms with Gasteiger partial charge in [-0.2, -0.15) is 0 Å². The zero-order valence-corrected chi connectivity index (χ0v) is 19.6. The molecule has 6 nitrogen and oxygen atoms in total. The predicted molar refractivity (Wildman–Crippen MR) is 123 cm³/mol. The van der Waals surface area contributed by atoms with E-state index in [0.29, 0.717) is 29.5 Å². The first-order chi connectivity index (χ1) is 14.2. The maximum atomic E-state index is 12.8. The maximum Gasteiger partial charge on any atom is 0.267 e. The Labute approximate surface area is 190 Å². The molecular weight excluding hydrogens is 470 g/mol. The third-order valence-electron chi connectivity index (χ3n) is 5.00. The zero-order chi connectivity index (χ0) is 21.9. The third kappa shape index (κ3) is 5.46. The van der Waals surface area contributed by atoms with Gasteiger partial charge in [-0.15, -0.1) is 0 Å². The summed E-state index contributed by atoms with van der Waals surface area (Å²) >= 11 is 9.88. The summed E-state index contributed by atoms with van der Waals surface area (Å²) in [4.78, 5) is 28.2. The summed E-state index contributed by atoms with van der Waals surface area (Å²) in [6, 6.07) is 12.8. The summed E-state index contributed by atoms with van der Waals surface area (Å²) < 4.78 is 6.80. The molecule has 0 atom stereocenters. The van der Waals surface area contributed by atoms with Crippen LogP contribution in [0.3, 0.4) is 0 Å². The lowest BCUT2D eigenvalue weighted by Crippen LogP contribution is -2.48. The minimum atomic E-state index is -1.07. The van der Waals surface area contributed by atoms with Crippen LogP contribution in [0.4, 0.5) is 11.4 Å². The van der Waals surface area contributed by atoms with Crippen LogP contribution in [0.1, 0.15) is 20.8 Å². The van der Waals surface area contributed by atoms with Gasteiger partial charge in [0.25, 0.3) is 5.91 Å². The van der Waals surface area contributed by atoms with Crippen molar-refractivity contribution in [3.05, 3.63) is 52.0 Å². The molecule has 1 heterocycles. The highest BCUT2D eigenvalue weighted by Gasteiger charge is 2.30. The van der Waals surface area contributed by atoms with Gasteiger partial charge in [-0.25, -0.2) is 0 Å². The summed E-state index contributed by atoms with van der Waals surface area (Å²) in [5, 5.41) is 3.43. The SMILES string of the molecule is CC(=O)N1CCN(c2ccc(NC(=O)C(C)(C)Oc3ccc(Br)cc3)cc2Cl)CC1. The lowest BCUT2D eigenvalue weighted by atomic mass is 10.1. The van der Waals surface area contributed by atoms with Gasteiger partial charge in [0.05, 0.1) is 10.7 Å². The lowest BCUT2D eigenvalue weighted by Gasteiger charge is -2.36. The van der Waals surface area contributed by atoms with Crippen LogP contribution in [0.15, 0.2) is 46.9 Å². The molecule has 0 spiro atoms. The molecule has 1 aliphatic heterocycles. The second-order valence-electron chi connectivity index (χ2n) is 7.68. The number of rotatable bonds is 5. The standard InChI is InChI=1S/C22H25BrClN3O3/c1-15(28)26-10-12-27(13-11-26)20-9-6-17(14-19(20)24)25-21(29)22(2,3)30-18-7-4-16(23)5-8-18/h4-9,14H,10-13H2,1-3H3,(H,25,29). The number of nitrogens with zero attached hydrogens (tertiary/aromatic N) is 2. The van der Waals surface area contributed by atoms with Gasteiger partial charge in [0.2, 0.25) is 5.91 Å². The number of ether oxygens (including phenoxy) is 1. The van der Waals surface area contributed by atoms with Crippen LogP contribution in [0.25, 0.3) is 0 Å². The van der Waals surface area contributed by atoms with Gasteiger partial charge >= 0.3 is 0 Å². The fraction of sp³-hybridized carbons (Fsp3) is 0.364. The van der Waals surface area contributed by atoms with Crippen molar-refractivity contribution in [1.82, 2.24) is 4.90 Å². The average molecular weight is 495 g/mol. The van der Waals surface area contributed by atoms with Crippen LogP contribution in [-0.2, 0) is 9.59 Å². The number of hydrogen-bond acceptors (Lipinski definition) is 4. The van der Waals surface area contributed by atoms with Crippen molar-refractivity contribution in [3.8, 4) is 5.75 Å². The highest BCUT2D eigenvalue weighted by Crippen LogP contribution is 2.30. The molecule has 0 bridgehead atoms. The quantitative estimate of drug-likeness (QED) is 0.662. The third-order valence-corrected chi connectivity index (χ3v) is 5.84. The van der Waals surface area contributed by atoms with E-state index in [-0.39, 0.29) is 11.8 Å². The van der Waals surface area contributed by atoms with Crippen molar-refractivity contribution in [1.29, 1.82) is 0 Å². The fourth-order valence-electron chi connectivity index (χ4n) is 3.23. The zero-order valence-electron chi connectivity index (χ0n) is 17.2. The van der Waals surface area contributed by atoms with Gasteiger partial charge in [0, 0.05) is 43.3 Å². The van der Waals surface area contributed by atoms with Gasteiger partial charge < -0.3 is 19.9 Å². The number of nitrogens with one attached hydrogen (secondary N) is 1. The number of halogens is 2. The van der Waals surface area contributed by atoms with E-state index in [1.54, 1.807) is 39.0 Å². The molecule has 0 aliphatic carbocycles. The molecule has 0 radical (unpaired) electrons. The Hall–Kier alpha value is -2.25. The van der Waals surface area contributed by atoms with Crippen molar-refractivity contribution in [3.63, 3.8) is 0 Å². The summed E-state index contributed by atoms with van der Waals surface area (Å²) in [6.07, 6.45) is 0. The molecule has 0 unspecified atom stereocenters. The predicted octanol–water partition coefficient (Wildman–Crippen LogP) is 4.57. The van der Waals surface area contributed by atoms with Gasteiger partial charge in [0.15, 0.2) is 5.60 Å². The highest BCUT2D eigenvalue weighted by atomic mass is 79.9. The van der Waals surface area contributed by atoms with Crippen LogP contribution in [0.2, 0.25) is 5.02 Å². The molecule has 1 aliphatic rings. The topological polar surface area (TPSA) is 61.9 Å². The van der Waals surface area contributed by atoms with Gasteiger partial charge in [-0.05, 0) is 56.3 Å². The lowest BCUT2D eigenvalue weighted by molar-refractivity contribution is -0.129. The molecular formula is C22H25BrClN3O3. The summed E-state index contributed by atoms with van der Waals surface area (Å²) in [5.74, 6) is 0.424. The monoisotopic (exact) mass is 493 g/mol. The Bertz CT molecular complexity index is 926. The van der Waals surface area contributed by atoms with Gasteiger partial charge in [0.1, 0.15) is 5.75 Å². The van der Waals surface area contributed by atoms with Crippen molar-refractivity contribution >= 4 is 50.7 Å². The molecule has 0 saturated carbocycles. The molecule has 0 aromatic heterocycles. The molecule has 8 heteroatoms. The van der Waals surface area contributed by atoms with Crippen LogP contribution < -0.4 is 15.0 Å². The van der Waals surface area contributed by atoms with E-state index in [4.69, 9.17) is 16.3 Å². The molecule has 2 amide bonds. The Kier molecular flexibility index (Phi) is 6.93. The van der Waals surface area contributed by atoms with Crippen molar-refractivity contribution < 1.29 is 14.3 Å². The molecule has 1 N–H and O–H groups in total. The number of piperazine rings is 1. The van der Waals surface area contributed by atoms with E-state index in [0.717, 1.165) is 23.2 Å². The Morgan fingerprint density at radius 3 is 2.27 bits per heavy atom. The van der Waals surface area contributed by atoms with Gasteiger partial charge in [-0.1, -0.05) is 27.5 Å². The average Bonchev–Trinajstić information content (AvgIpc) is 2.70. The molecule has 1 fully saturated rings. The van der Waals surface area contributed by atoms with E-state index in [1.165, 1.54) is 0 Å². The summed E-state index contributed by atoms with van der Waals surface area (Å²) in [5.41, 5.74) is 0.425. The van der Waals surface area contributed by atoms with E-state index in [1.807, 2.05) is 29.2 Å². The largest absolute Gasteiger partial charge is 0.478 e. The minimum Gasteiger partial charge on any atom is -0.478 e. The van der Waals surface area contributed by atoms with E-state index in [9.17, 15) is 9.59 Å². The molecule has 1 saturated heterocycles. The van der Waals surface area contributed by atoms with E-state index in [2.05, 4.69) is 26.1 Å². The van der Waals surface area contributed by atoms with Crippen LogP contribution in [-0.4, -0.2) is 48.5 Å². The number of carbonyl (C=O) groups is 2. The molecule has 30 heavy (non-hydrogen) atoms. The van der Waals surface area contributed by atoms with Gasteiger partial charge in [-0.3, -0.25) is 9.59 Å². The first-order valence-electron chi connectivity index (χ1n) is 9.72. The maximum absolute atomic E-state index is 12.8. The van der Waals surface area contributed by atoms with Crippen LogP contribution in [0, 0.1) is 0 Å². The van der Waals surface area contributed by atoms with E-state index < -0.39 is 5.60 Å². The van der Waals surface area contributed by atoms with Crippen molar-refractivity contribution in [2.45, 2.75) is 26.4 Å². The molecule has 160 valence electrons. The van der Waals surface area contributed by atoms with Crippen molar-refractivity contribution in [2.24, 2.45) is 0 Å². The van der Waals surface area contributed by atoms with Crippen molar-refractivity contribution in [2.75, 3.05) is 36.4 Å². The second-order valence-corrected chi connectivity index (χ2v) is 9.00. The molecule has 3 rings (SSSR count). The normalized spacial score (nSPS) is 14.4. The summed E-state index contributed by atoms with van der Waals surface area (Å²) in [7, 11) is 0. The number of carbonyl (C=O) groups excluding carboxylic acids is 2. The fourth-order valence-corrected chi connectivity index (χ4v) is 3.79. The summed E-state index contributed by atoms with van der Waals surface area (Å²) in [6.45, 7) is 7.81. The second kappa shape index (κ2) is 9.27. The van der Waals surface area contributed by atoms with E-state index >= 15 is 0 Å². The van der Waals surface area contributed by atoms with Crippen LogP contribution in [0.5, 0.6) is 5.75 Å². The Morgan fingerprint density at radius 1 is 1.07 bits per heavy atom. The first kappa shape index (κ1) is 22.4. The smallest absolute Gasteiger partial charge is 0.267 e. The number of benzene rings is 2. The molecule has 2 aromatic carbocycles. The number of anilines is 2. The highest BCUT2D eigenvalue weighted by molar-refractivity contribution is 9.10. The number of amides is 2. The first-order valence-corrected chi connectivity index (χ1v) is 10.9. The minimum absolute atomic E-state index is 0.0896. The molecule has 2 aromatic rings. The Morgan fingerprint density at radius 2 is 1.70 bits per heavy atom. The Balaban J connectivity index is 1.64. The number of hydrogen-bond donors (Lipinski definition) is 1. The van der Waals surface area contributed by atoms with Crippen LogP contribution >= 0.6 is 27.5 Å².